The van der Waals surface area contributed by atoms with E-state index in [-0.39, 0.29) is 21.8 Å². The molecule has 0 bridgehead atoms. The Kier molecular flexibility index (Phi) is 12.7. The van der Waals surface area contributed by atoms with Gasteiger partial charge in [0.1, 0.15) is 11.5 Å². The molecule has 0 aliphatic heterocycles. The number of thiol groups is 1. The van der Waals surface area contributed by atoms with E-state index in [9.17, 15) is 9.59 Å². The van der Waals surface area contributed by atoms with Gasteiger partial charge in [-0.25, -0.2) is 30.4 Å². The van der Waals surface area contributed by atoms with Gasteiger partial charge in [0.05, 0.1) is 28.3 Å². The van der Waals surface area contributed by atoms with E-state index >= 15 is 0 Å². The number of hydrogen-bond donors (Lipinski definition) is 6. The number of H-pyrrole nitrogens is 2. The van der Waals surface area contributed by atoms with Gasteiger partial charge < -0.3 is 11.1 Å². The third-order valence-electron chi connectivity index (χ3n) is 5.71. The van der Waals surface area contributed by atoms with Crippen molar-refractivity contribution in [2.45, 2.75) is 39.5 Å². The molecule has 4 heterocycles. The number of aliphatic imine (C=N–C) groups is 1. The molecule has 0 saturated carbocycles. The highest BCUT2D eigenvalue weighted by Crippen LogP contribution is 2.43. The molecule has 14 nitrogen and oxygen atoms in total. The van der Waals surface area contributed by atoms with Gasteiger partial charge in [0, 0.05) is 42.6 Å². The van der Waals surface area contributed by atoms with E-state index in [1.54, 1.807) is 19.4 Å². The van der Waals surface area contributed by atoms with E-state index in [1.165, 1.54) is 42.2 Å². The van der Waals surface area contributed by atoms with E-state index in [4.69, 9.17) is 23.2 Å². The predicted molar refractivity (Wildman–Crippen MR) is 176 cm³/mol. The molecule has 1 aliphatic rings. The Balaban J connectivity index is 0.000000227. The van der Waals surface area contributed by atoms with Gasteiger partial charge in [0.15, 0.2) is 11.5 Å². The average molecular weight is 629 g/mol. The number of carbonyl (C=O) groups excluding carboxylic acids is 1. The third kappa shape index (κ3) is 9.26. The first kappa shape index (κ1) is 34.7. The molecule has 43 heavy (non-hydrogen) atoms. The maximum atomic E-state index is 10.4. The number of aromatic nitrogens is 6. The molecule has 0 unspecified atom stereocenters. The highest BCUT2D eigenvalue weighted by atomic mass is 35.5. The smallest absolute Gasteiger partial charge is 0.266 e. The van der Waals surface area contributed by atoms with Crippen LogP contribution < -0.4 is 22.5 Å². The molecule has 16 heteroatoms. The quantitative estimate of drug-likeness (QED) is 0.0482. The summed E-state index contributed by atoms with van der Waals surface area (Å²) in [7, 11) is 1.52. The zero-order valence-corrected chi connectivity index (χ0v) is 26.5. The van der Waals surface area contributed by atoms with Crippen molar-refractivity contribution in [1.82, 2.24) is 34.9 Å². The first-order valence-electron chi connectivity index (χ1n) is 12.8. The van der Waals surface area contributed by atoms with Crippen molar-refractivity contribution in [1.29, 1.82) is 0 Å². The molecule has 0 aromatic carbocycles. The van der Waals surface area contributed by atoms with E-state index in [1.807, 2.05) is 23.7 Å². The summed E-state index contributed by atoms with van der Waals surface area (Å²) < 4.78 is 1.98. The van der Waals surface area contributed by atoms with Gasteiger partial charge in [-0.2, -0.15) is 17.7 Å². The molecule has 4 aromatic rings. The first-order valence-corrected chi connectivity index (χ1v) is 14.1. The van der Waals surface area contributed by atoms with Crippen molar-refractivity contribution in [3.63, 3.8) is 0 Å². The lowest BCUT2D eigenvalue weighted by Gasteiger charge is -2.18. The van der Waals surface area contributed by atoms with Crippen LogP contribution in [0.5, 0.6) is 0 Å². The molecule has 0 atom stereocenters. The maximum absolute atomic E-state index is 10.4. The first-order chi connectivity index (χ1) is 20.4. The Labute approximate surface area is 259 Å². The minimum absolute atomic E-state index is 0.0904. The van der Waals surface area contributed by atoms with Crippen LogP contribution in [-0.2, 0) is 10.2 Å². The number of hydrazine groups is 1. The number of carbonyl (C=O) groups is 1. The summed E-state index contributed by atoms with van der Waals surface area (Å²) >= 11 is 9.43. The molecule has 4 aromatic heterocycles. The van der Waals surface area contributed by atoms with Gasteiger partial charge in [0.2, 0.25) is 6.41 Å². The second kappa shape index (κ2) is 15.7. The lowest BCUT2D eigenvalue weighted by molar-refractivity contribution is -0.105. The zero-order chi connectivity index (χ0) is 32.3. The molecule has 0 radical (unpaired) electrons. The molecule has 0 fully saturated rings. The van der Waals surface area contributed by atoms with Gasteiger partial charge in [-0.15, -0.1) is 5.10 Å². The molecule has 5 rings (SSSR count). The Morgan fingerprint density at radius 1 is 1.26 bits per heavy atom. The van der Waals surface area contributed by atoms with Crippen molar-refractivity contribution in [2.24, 2.45) is 21.7 Å². The van der Waals surface area contributed by atoms with Gasteiger partial charge in [0.25, 0.3) is 5.56 Å². The number of anilines is 1. The summed E-state index contributed by atoms with van der Waals surface area (Å²) in [5.74, 6) is 5.94. The minimum Gasteiger partial charge on any atom is -0.380 e. The second-order valence-electron chi connectivity index (χ2n) is 9.65. The molecular formula is C27H37ClN12O2S. The Morgan fingerprint density at radius 3 is 2.51 bits per heavy atom. The number of amidine groups is 1. The third-order valence-corrected chi connectivity index (χ3v) is 6.00. The lowest BCUT2D eigenvalue weighted by atomic mass is 9.90. The Bertz CT molecular complexity index is 1670. The van der Waals surface area contributed by atoms with Crippen LogP contribution in [0.4, 0.5) is 11.5 Å². The summed E-state index contributed by atoms with van der Waals surface area (Å²) in [6.45, 7) is 12.4. The van der Waals surface area contributed by atoms with Crippen LogP contribution in [0.1, 0.15) is 49.8 Å². The molecule has 0 spiro atoms. The topological polar surface area (TPSA) is 201 Å². The number of aryl methyl sites for hydroxylation is 1. The number of rotatable bonds is 5. The summed E-state index contributed by atoms with van der Waals surface area (Å²) in [5, 5.41) is 16.9. The lowest BCUT2D eigenvalue weighted by Crippen LogP contribution is -2.26. The van der Waals surface area contributed by atoms with Gasteiger partial charge >= 0.3 is 0 Å². The fourth-order valence-corrected chi connectivity index (χ4v) is 4.46. The Hall–Kier alpha value is -4.47. The number of amides is 1. The summed E-state index contributed by atoms with van der Waals surface area (Å²) in [6.07, 6.45) is 8.16. The highest BCUT2D eigenvalue weighted by Gasteiger charge is 2.35. The second-order valence-corrected chi connectivity index (χ2v) is 10.1. The molecule has 0 saturated heterocycles. The van der Waals surface area contributed by atoms with Gasteiger partial charge in [-0.1, -0.05) is 32.0 Å². The van der Waals surface area contributed by atoms with Crippen LogP contribution in [0.3, 0.4) is 0 Å². The predicted octanol–water partition coefficient (Wildman–Crippen LogP) is 3.43. The van der Waals surface area contributed by atoms with Crippen LogP contribution in [0.15, 0.2) is 52.1 Å². The summed E-state index contributed by atoms with van der Waals surface area (Å²) in [6, 6.07) is 4.91. The summed E-state index contributed by atoms with van der Waals surface area (Å²) in [4.78, 5) is 32.8. The van der Waals surface area contributed by atoms with Crippen molar-refractivity contribution >= 4 is 65.4 Å². The fourth-order valence-electron chi connectivity index (χ4n) is 4.19. The molecule has 1 aliphatic carbocycles. The summed E-state index contributed by atoms with van der Waals surface area (Å²) in [5.41, 5.74) is 11.9. The number of fused-ring (bicyclic) bond motifs is 3. The number of nitrogens with two attached hydrogens (primary N) is 2. The zero-order valence-electron chi connectivity index (χ0n) is 24.9. The number of nitrogens with zero attached hydrogens (tertiary/aromatic N) is 7. The van der Waals surface area contributed by atoms with Crippen LogP contribution >= 0.6 is 24.2 Å². The van der Waals surface area contributed by atoms with Crippen LogP contribution in [0.2, 0.25) is 5.02 Å². The van der Waals surface area contributed by atoms with E-state index in [0.717, 1.165) is 22.9 Å². The van der Waals surface area contributed by atoms with Crippen molar-refractivity contribution < 1.29 is 4.79 Å². The minimum atomic E-state index is -0.157. The largest absolute Gasteiger partial charge is 0.380 e. The monoisotopic (exact) mass is 628 g/mol. The average Bonchev–Trinajstić information content (AvgIpc) is 3.59. The van der Waals surface area contributed by atoms with E-state index in [2.05, 4.69) is 73.7 Å². The number of halogens is 1. The van der Waals surface area contributed by atoms with Crippen LogP contribution in [0, 0.1) is 6.92 Å². The number of nitrogens with one attached hydrogen (secondary N) is 3. The van der Waals surface area contributed by atoms with Gasteiger partial charge in [-0.05, 0) is 38.2 Å². The molecule has 7 N–H and O–H groups in total. The highest BCUT2D eigenvalue weighted by molar-refractivity contribution is 7.79. The fraction of sp³-hybridized carbons (Fsp3) is 0.296. The van der Waals surface area contributed by atoms with Crippen LogP contribution in [0.25, 0.3) is 11.2 Å². The number of pyridine rings is 1. The maximum Gasteiger partial charge on any atom is 0.266 e. The van der Waals surface area contributed by atoms with E-state index < -0.39 is 0 Å². The molecule has 230 valence electrons. The normalized spacial score (nSPS) is 13.2. The Morgan fingerprint density at radius 2 is 1.95 bits per heavy atom. The standard InChI is InChI=1S/C13H15N3.C8H11ClN6O.C5H7N3O.CH4S/c1-8-6-13(3,4)12-10(8)7-14-11-5-9(2)15-16(11)12;1-15(11)14-8(10)7-6(9)2-5(3-12-7)13-4-16;1-2-6-4-3-5(9)8-7-4;1-2/h5,7H,1,6H2,2-4H3;2-4H,11H2,1H3,(H2,10,14)(H,13,16);2-3H,1H3,(H2,7,8,9);2H,1H3/b;;6-2-;. The van der Waals surface area contributed by atoms with Crippen molar-refractivity contribution in [2.75, 3.05) is 18.6 Å². The van der Waals surface area contributed by atoms with Crippen molar-refractivity contribution in [3.8, 4) is 0 Å². The molecular weight excluding hydrogens is 592 g/mol. The number of aromatic amines is 2. The number of allylic oxidation sites excluding steroid dienone is 1. The number of hydrogen-bond acceptors (Lipinski definition) is 10. The van der Waals surface area contributed by atoms with Crippen molar-refractivity contribution in [3.05, 3.63) is 75.2 Å². The number of hydrazone groups is 1. The van der Waals surface area contributed by atoms with Crippen LogP contribution in [-0.4, -0.2) is 66.7 Å². The SMILES string of the molecule is C/C=N\c1cc(=O)[nH][nH]1.C=C1CC(C)(C)c2c1cnc1cc(C)nn21.CN(N)/N=C(\N)c1ncc(NC=O)cc1Cl.CS. The molecule has 1 amide bonds. The van der Waals surface area contributed by atoms with Gasteiger partial charge in [-0.3, -0.25) is 19.8 Å². The van der Waals surface area contributed by atoms with E-state index in [0.29, 0.717) is 23.6 Å².